The Morgan fingerprint density at radius 3 is 3.00 bits per heavy atom. The molecule has 0 amide bonds. The first-order chi connectivity index (χ1) is 5.78. The van der Waals surface area contributed by atoms with Crippen LogP contribution in [-0.4, -0.2) is 13.1 Å². The molecule has 3 saturated carbocycles. The van der Waals surface area contributed by atoms with E-state index in [1.54, 1.807) is 0 Å². The highest BCUT2D eigenvalue weighted by atomic mass is 16.5. The number of carbonyl (C=O) groups excluding carboxylic acids is 1. The van der Waals surface area contributed by atoms with Gasteiger partial charge in [0.15, 0.2) is 0 Å². The molecule has 2 bridgehead atoms. The van der Waals surface area contributed by atoms with Gasteiger partial charge >= 0.3 is 5.97 Å². The second kappa shape index (κ2) is 1.86. The molecule has 0 radical (unpaired) electrons. The Balaban J connectivity index is 1.95. The number of hydrogen-bond acceptors (Lipinski definition) is 2. The van der Waals surface area contributed by atoms with Crippen LogP contribution < -0.4 is 0 Å². The largest absolute Gasteiger partial charge is 0.469 e. The van der Waals surface area contributed by atoms with Gasteiger partial charge in [-0.2, -0.15) is 0 Å². The van der Waals surface area contributed by atoms with E-state index in [1.165, 1.54) is 20.0 Å². The lowest BCUT2D eigenvalue weighted by atomic mass is 9.82. The van der Waals surface area contributed by atoms with Crippen LogP contribution in [0.2, 0.25) is 0 Å². The van der Waals surface area contributed by atoms with Gasteiger partial charge in [-0.3, -0.25) is 4.79 Å². The van der Waals surface area contributed by atoms with Gasteiger partial charge in [0.05, 0.1) is 12.5 Å². The second-order valence-electron chi connectivity index (χ2n) is 4.66. The Morgan fingerprint density at radius 2 is 2.42 bits per heavy atom. The topological polar surface area (TPSA) is 26.3 Å². The van der Waals surface area contributed by atoms with Gasteiger partial charge in [0.1, 0.15) is 0 Å². The standard InChI is InChI=1S/C10H14O2/c1-12-9(11)10-3-2-6(5-10)7-4-8(7)10/h6-8H,2-5H2,1H3/t6-,7-,8+,10-/m0/s1. The van der Waals surface area contributed by atoms with Gasteiger partial charge in [0, 0.05) is 0 Å². The normalized spacial score (nSPS) is 53.6. The summed E-state index contributed by atoms with van der Waals surface area (Å²) in [6.07, 6.45) is 4.82. The van der Waals surface area contributed by atoms with Crippen LogP contribution in [0.5, 0.6) is 0 Å². The fraction of sp³-hybridized carbons (Fsp3) is 0.900. The van der Waals surface area contributed by atoms with Gasteiger partial charge in [-0.25, -0.2) is 0 Å². The molecule has 2 nitrogen and oxygen atoms in total. The van der Waals surface area contributed by atoms with Crippen LogP contribution in [0.3, 0.4) is 0 Å². The van der Waals surface area contributed by atoms with Crippen molar-refractivity contribution in [2.75, 3.05) is 7.11 Å². The quantitative estimate of drug-likeness (QED) is 0.553. The molecule has 3 fully saturated rings. The Hall–Kier alpha value is -0.530. The third-order valence-electron chi connectivity index (χ3n) is 4.33. The molecule has 0 aromatic rings. The van der Waals surface area contributed by atoms with Gasteiger partial charge in [-0.05, 0) is 43.4 Å². The molecule has 3 rings (SSSR count). The van der Waals surface area contributed by atoms with Crippen LogP contribution in [-0.2, 0) is 9.53 Å². The van der Waals surface area contributed by atoms with E-state index in [0.29, 0.717) is 5.92 Å². The number of rotatable bonds is 1. The average molecular weight is 166 g/mol. The molecular formula is C10H14O2. The maximum Gasteiger partial charge on any atom is 0.312 e. The van der Waals surface area contributed by atoms with Crippen molar-refractivity contribution < 1.29 is 9.53 Å². The van der Waals surface area contributed by atoms with Crippen molar-refractivity contribution in [2.24, 2.45) is 23.2 Å². The highest BCUT2D eigenvalue weighted by Gasteiger charge is 2.69. The predicted molar refractivity (Wildman–Crippen MR) is 43.4 cm³/mol. The van der Waals surface area contributed by atoms with Crippen LogP contribution in [0, 0.1) is 23.2 Å². The molecule has 0 unspecified atom stereocenters. The minimum Gasteiger partial charge on any atom is -0.469 e. The summed E-state index contributed by atoms with van der Waals surface area (Å²) >= 11 is 0. The summed E-state index contributed by atoms with van der Waals surface area (Å²) in [6, 6.07) is 0. The van der Waals surface area contributed by atoms with E-state index < -0.39 is 0 Å². The molecule has 0 aromatic heterocycles. The molecule has 3 aliphatic carbocycles. The molecule has 3 aliphatic rings. The van der Waals surface area contributed by atoms with E-state index in [1.807, 2.05) is 0 Å². The molecule has 0 aromatic carbocycles. The summed E-state index contributed by atoms with van der Waals surface area (Å²) in [6.45, 7) is 0. The fourth-order valence-corrected chi connectivity index (χ4v) is 3.73. The molecule has 0 N–H and O–H groups in total. The summed E-state index contributed by atoms with van der Waals surface area (Å²) < 4.78 is 4.91. The van der Waals surface area contributed by atoms with Crippen LogP contribution >= 0.6 is 0 Å². The van der Waals surface area contributed by atoms with Crippen molar-refractivity contribution in [3.05, 3.63) is 0 Å². The molecule has 2 heteroatoms. The summed E-state index contributed by atoms with van der Waals surface area (Å²) in [7, 11) is 1.53. The lowest BCUT2D eigenvalue weighted by molar-refractivity contribution is -0.153. The highest BCUT2D eigenvalue weighted by Crippen LogP contribution is 2.72. The lowest BCUT2D eigenvalue weighted by Crippen LogP contribution is -2.30. The maximum absolute atomic E-state index is 11.6. The maximum atomic E-state index is 11.6. The third kappa shape index (κ3) is 0.572. The number of carbonyl (C=O) groups is 1. The van der Waals surface area contributed by atoms with Crippen molar-refractivity contribution >= 4 is 5.97 Å². The zero-order valence-corrected chi connectivity index (χ0v) is 7.38. The third-order valence-corrected chi connectivity index (χ3v) is 4.33. The van der Waals surface area contributed by atoms with E-state index in [2.05, 4.69) is 0 Å². The Kier molecular flexibility index (Phi) is 1.07. The van der Waals surface area contributed by atoms with Gasteiger partial charge < -0.3 is 4.74 Å². The van der Waals surface area contributed by atoms with Gasteiger partial charge in [-0.1, -0.05) is 0 Å². The first-order valence-corrected chi connectivity index (χ1v) is 4.86. The minimum absolute atomic E-state index is 0.00984. The first kappa shape index (κ1) is 6.93. The molecule has 0 saturated heterocycles. The Labute approximate surface area is 72.3 Å². The lowest BCUT2D eigenvalue weighted by Gasteiger charge is -2.23. The first-order valence-electron chi connectivity index (χ1n) is 4.86. The van der Waals surface area contributed by atoms with Gasteiger partial charge in [0.25, 0.3) is 0 Å². The minimum atomic E-state index is -0.00984. The molecule has 0 aliphatic heterocycles. The molecule has 0 spiro atoms. The van der Waals surface area contributed by atoms with Gasteiger partial charge in [-0.15, -0.1) is 0 Å². The number of fused-ring (bicyclic) bond motifs is 5. The number of esters is 1. The van der Waals surface area contributed by atoms with Crippen molar-refractivity contribution in [3.8, 4) is 0 Å². The summed E-state index contributed by atoms with van der Waals surface area (Å²) in [5, 5.41) is 0. The van der Waals surface area contributed by atoms with Gasteiger partial charge in [0.2, 0.25) is 0 Å². The molecule has 4 atom stereocenters. The van der Waals surface area contributed by atoms with E-state index in [0.717, 1.165) is 24.7 Å². The van der Waals surface area contributed by atoms with Crippen LogP contribution in [0.1, 0.15) is 25.7 Å². The van der Waals surface area contributed by atoms with E-state index >= 15 is 0 Å². The Bertz CT molecular complexity index is 248. The average Bonchev–Trinajstić information content (AvgIpc) is 2.74. The second-order valence-corrected chi connectivity index (χ2v) is 4.66. The highest BCUT2D eigenvalue weighted by molar-refractivity contribution is 5.79. The van der Waals surface area contributed by atoms with E-state index in [9.17, 15) is 4.79 Å². The smallest absolute Gasteiger partial charge is 0.312 e. The van der Waals surface area contributed by atoms with Crippen LogP contribution in [0.15, 0.2) is 0 Å². The summed E-state index contributed by atoms with van der Waals surface area (Å²) in [5.74, 6) is 2.56. The predicted octanol–water partition coefficient (Wildman–Crippen LogP) is 1.60. The zero-order valence-electron chi connectivity index (χ0n) is 7.38. The Morgan fingerprint density at radius 1 is 1.58 bits per heavy atom. The fourth-order valence-electron chi connectivity index (χ4n) is 3.73. The number of methoxy groups -OCH3 is 1. The molecule has 0 heterocycles. The summed E-state index contributed by atoms with van der Waals surface area (Å²) in [5.41, 5.74) is -0.00984. The number of hydrogen-bond donors (Lipinski definition) is 0. The summed E-state index contributed by atoms with van der Waals surface area (Å²) in [4.78, 5) is 11.6. The molecule has 66 valence electrons. The molecular weight excluding hydrogens is 152 g/mol. The monoisotopic (exact) mass is 166 g/mol. The van der Waals surface area contributed by atoms with E-state index in [4.69, 9.17) is 4.74 Å². The van der Waals surface area contributed by atoms with Crippen LogP contribution in [0.25, 0.3) is 0 Å². The van der Waals surface area contributed by atoms with Crippen molar-refractivity contribution in [2.45, 2.75) is 25.7 Å². The van der Waals surface area contributed by atoms with Crippen molar-refractivity contribution in [1.82, 2.24) is 0 Å². The van der Waals surface area contributed by atoms with Crippen molar-refractivity contribution in [1.29, 1.82) is 0 Å². The van der Waals surface area contributed by atoms with Crippen LogP contribution in [0.4, 0.5) is 0 Å². The number of ether oxygens (including phenoxy) is 1. The zero-order chi connectivity index (χ0) is 8.34. The SMILES string of the molecule is COC(=O)[C@@]12CC[C@@H](C1)[C@@H]1C[C@H]12. The van der Waals surface area contributed by atoms with E-state index in [-0.39, 0.29) is 11.4 Å². The molecule has 12 heavy (non-hydrogen) atoms. The van der Waals surface area contributed by atoms with Crippen molar-refractivity contribution in [3.63, 3.8) is 0 Å².